The number of nitrogens with one attached hydrogen (secondary N) is 1. The predicted octanol–water partition coefficient (Wildman–Crippen LogP) is 2.89. The first kappa shape index (κ1) is 23.4. The highest BCUT2D eigenvalue weighted by atomic mass is 79.9. The predicted molar refractivity (Wildman–Crippen MR) is 118 cm³/mol. The van der Waals surface area contributed by atoms with Gasteiger partial charge in [0.1, 0.15) is 22.1 Å². The highest BCUT2D eigenvalue weighted by Gasteiger charge is 2.02. The second kappa shape index (κ2) is 11.4. The Kier molecular flexibility index (Phi) is 8.58. The molecule has 0 aliphatic carbocycles. The molecular weight excluding hydrogens is 474 g/mol. The number of pyridine rings is 4. The van der Waals surface area contributed by atoms with E-state index in [0.717, 1.165) is 12.4 Å². The van der Waals surface area contributed by atoms with Crippen molar-refractivity contribution in [1.82, 2.24) is 19.5 Å². The van der Waals surface area contributed by atoms with Crippen molar-refractivity contribution in [2.24, 2.45) is 0 Å². The first-order valence-corrected chi connectivity index (χ1v) is 9.36. The Bertz CT molecular complexity index is 1210. The van der Waals surface area contributed by atoms with Crippen LogP contribution in [0.3, 0.4) is 0 Å². The summed E-state index contributed by atoms with van der Waals surface area (Å²) in [6.07, 6.45) is 5.27. The fourth-order valence-electron chi connectivity index (χ4n) is 1.99. The molecule has 4 heterocycles. The lowest BCUT2D eigenvalue weighted by Gasteiger charge is -2.04. The zero-order chi connectivity index (χ0) is 22.8. The molecule has 0 saturated heterocycles. The molecule has 0 fully saturated rings. The topological polar surface area (TPSA) is 133 Å². The summed E-state index contributed by atoms with van der Waals surface area (Å²) < 4.78 is 26.5. The lowest BCUT2D eigenvalue weighted by atomic mass is 10.4. The van der Waals surface area contributed by atoms with E-state index in [1.165, 1.54) is 35.0 Å². The fraction of sp³-hybridized carbons (Fsp3) is 0. The standard InChI is InChI=1S/C10H8FN3O.C5H3BrFN.C5H6N2O/c11-7-3-4-9(13-6-7)14-5-1-2-8(12)10(14)15;6-5-2-1-4(7)3-8-5;6-4-2-1-3-7-5(4)8/h1-6H,12H2;1-3H;1-3H,6H2,(H,7,8). The Morgan fingerprint density at radius 2 is 1.52 bits per heavy atom. The van der Waals surface area contributed by atoms with E-state index < -0.39 is 5.82 Å². The zero-order valence-corrected chi connectivity index (χ0v) is 17.5. The van der Waals surface area contributed by atoms with Gasteiger partial charge in [0.2, 0.25) is 0 Å². The fourth-order valence-corrected chi connectivity index (χ4v) is 2.23. The minimum atomic E-state index is -0.448. The largest absolute Gasteiger partial charge is 0.394 e. The van der Waals surface area contributed by atoms with E-state index in [9.17, 15) is 18.4 Å². The van der Waals surface area contributed by atoms with Crippen LogP contribution in [0.25, 0.3) is 5.82 Å². The molecule has 11 heteroatoms. The summed E-state index contributed by atoms with van der Waals surface area (Å²) in [5.74, 6) is -0.419. The van der Waals surface area contributed by atoms with Crippen molar-refractivity contribution in [3.63, 3.8) is 0 Å². The molecule has 31 heavy (non-hydrogen) atoms. The number of hydrogen-bond acceptors (Lipinski definition) is 6. The summed E-state index contributed by atoms with van der Waals surface area (Å²) in [5.41, 5.74) is 10.4. The van der Waals surface area contributed by atoms with Gasteiger partial charge in [-0.1, -0.05) is 0 Å². The second-order valence-electron chi connectivity index (χ2n) is 5.73. The number of aromatic nitrogens is 4. The van der Waals surface area contributed by atoms with Gasteiger partial charge < -0.3 is 16.5 Å². The number of nitrogens with two attached hydrogens (primary N) is 2. The Balaban J connectivity index is 0.000000181. The summed E-state index contributed by atoms with van der Waals surface area (Å²) in [4.78, 5) is 31.8. The molecule has 0 bridgehead atoms. The zero-order valence-electron chi connectivity index (χ0n) is 15.9. The summed E-state index contributed by atoms with van der Waals surface area (Å²) in [7, 11) is 0. The lowest BCUT2D eigenvalue weighted by molar-refractivity contribution is 0.620. The van der Waals surface area contributed by atoms with E-state index in [1.54, 1.807) is 30.5 Å². The molecule has 0 saturated carbocycles. The lowest BCUT2D eigenvalue weighted by Crippen LogP contribution is -2.21. The summed E-state index contributed by atoms with van der Waals surface area (Å²) in [6, 6.07) is 11.9. The molecular formula is C20H17BrF2N6O2. The number of rotatable bonds is 1. The molecule has 0 spiro atoms. The van der Waals surface area contributed by atoms with Crippen LogP contribution in [0.15, 0.2) is 87.5 Å². The monoisotopic (exact) mass is 490 g/mol. The van der Waals surface area contributed by atoms with Crippen molar-refractivity contribution in [3.05, 3.63) is 110 Å². The highest BCUT2D eigenvalue weighted by Crippen LogP contribution is 2.04. The number of halogens is 3. The van der Waals surface area contributed by atoms with Gasteiger partial charge in [0.25, 0.3) is 11.1 Å². The molecule has 0 atom stereocenters. The van der Waals surface area contributed by atoms with Gasteiger partial charge >= 0.3 is 0 Å². The molecule has 0 aliphatic heterocycles. The molecule has 8 nitrogen and oxygen atoms in total. The summed E-state index contributed by atoms with van der Waals surface area (Å²) >= 11 is 3.07. The first-order valence-electron chi connectivity index (χ1n) is 8.57. The maximum atomic E-state index is 12.6. The van der Waals surface area contributed by atoms with Crippen LogP contribution in [0.5, 0.6) is 0 Å². The van der Waals surface area contributed by atoms with Crippen molar-refractivity contribution in [1.29, 1.82) is 0 Å². The summed E-state index contributed by atoms with van der Waals surface area (Å²) in [6.45, 7) is 0. The normalized spacial score (nSPS) is 9.65. The van der Waals surface area contributed by atoms with Gasteiger partial charge in [0.15, 0.2) is 0 Å². The van der Waals surface area contributed by atoms with Crippen molar-refractivity contribution >= 4 is 27.3 Å². The van der Waals surface area contributed by atoms with Crippen molar-refractivity contribution in [2.75, 3.05) is 11.5 Å². The quantitative estimate of drug-likeness (QED) is 0.351. The van der Waals surface area contributed by atoms with E-state index in [0.29, 0.717) is 10.4 Å². The van der Waals surface area contributed by atoms with Gasteiger partial charge in [-0.05, 0) is 64.5 Å². The maximum Gasteiger partial charge on any atom is 0.279 e. The van der Waals surface area contributed by atoms with Gasteiger partial charge in [-0.15, -0.1) is 0 Å². The maximum absolute atomic E-state index is 12.6. The van der Waals surface area contributed by atoms with Crippen LogP contribution in [-0.2, 0) is 0 Å². The smallest absolute Gasteiger partial charge is 0.279 e. The molecule has 5 N–H and O–H groups in total. The Morgan fingerprint density at radius 3 is 2.00 bits per heavy atom. The van der Waals surface area contributed by atoms with E-state index >= 15 is 0 Å². The molecule has 4 aromatic heterocycles. The molecule has 160 valence electrons. The molecule has 4 aromatic rings. The average molecular weight is 491 g/mol. The van der Waals surface area contributed by atoms with Gasteiger partial charge in [-0.2, -0.15) is 0 Å². The van der Waals surface area contributed by atoms with Gasteiger partial charge in [0, 0.05) is 12.4 Å². The SMILES string of the molecule is Fc1ccc(Br)nc1.Nc1ccc[nH]c1=O.Nc1cccn(-c2ccc(F)cn2)c1=O. The van der Waals surface area contributed by atoms with E-state index in [-0.39, 0.29) is 28.3 Å². The van der Waals surface area contributed by atoms with E-state index in [4.69, 9.17) is 11.5 Å². The number of nitrogens with zero attached hydrogens (tertiary/aromatic N) is 3. The summed E-state index contributed by atoms with van der Waals surface area (Å²) in [5, 5.41) is 0. The number of hydrogen-bond donors (Lipinski definition) is 3. The number of H-pyrrole nitrogens is 1. The number of nitrogen functional groups attached to an aromatic ring is 2. The number of aromatic amines is 1. The van der Waals surface area contributed by atoms with Crippen LogP contribution < -0.4 is 22.6 Å². The van der Waals surface area contributed by atoms with Crippen LogP contribution in [0.2, 0.25) is 0 Å². The minimum Gasteiger partial charge on any atom is -0.394 e. The van der Waals surface area contributed by atoms with Crippen LogP contribution >= 0.6 is 15.9 Å². The Labute approximate surface area is 183 Å². The van der Waals surface area contributed by atoms with Gasteiger partial charge in [0.05, 0.1) is 23.8 Å². The molecule has 0 amide bonds. The average Bonchev–Trinajstić information content (AvgIpc) is 2.76. The van der Waals surface area contributed by atoms with E-state index in [1.807, 2.05) is 0 Å². The molecule has 4 rings (SSSR count). The van der Waals surface area contributed by atoms with Gasteiger partial charge in [-0.3, -0.25) is 14.2 Å². The van der Waals surface area contributed by atoms with Crippen LogP contribution in [0.4, 0.5) is 20.2 Å². The Morgan fingerprint density at radius 1 is 0.871 bits per heavy atom. The van der Waals surface area contributed by atoms with Crippen LogP contribution in [0, 0.1) is 11.6 Å². The Hall–Kier alpha value is -3.86. The third-order valence-corrected chi connectivity index (χ3v) is 3.94. The molecule has 0 radical (unpaired) electrons. The first-order chi connectivity index (χ1) is 14.8. The minimum absolute atomic E-state index is 0.128. The van der Waals surface area contributed by atoms with Crippen LogP contribution in [-0.4, -0.2) is 19.5 Å². The highest BCUT2D eigenvalue weighted by molar-refractivity contribution is 9.10. The molecule has 0 unspecified atom stereocenters. The van der Waals surface area contributed by atoms with Crippen molar-refractivity contribution in [2.45, 2.75) is 0 Å². The van der Waals surface area contributed by atoms with Crippen molar-refractivity contribution < 1.29 is 8.78 Å². The molecule has 0 aliphatic rings. The molecule has 0 aromatic carbocycles. The van der Waals surface area contributed by atoms with Crippen LogP contribution in [0.1, 0.15) is 0 Å². The van der Waals surface area contributed by atoms with Crippen molar-refractivity contribution in [3.8, 4) is 5.82 Å². The second-order valence-corrected chi connectivity index (χ2v) is 6.54. The van der Waals surface area contributed by atoms with E-state index in [2.05, 4.69) is 30.9 Å². The third kappa shape index (κ3) is 7.48. The van der Waals surface area contributed by atoms with Gasteiger partial charge in [-0.25, -0.2) is 18.7 Å². The third-order valence-electron chi connectivity index (χ3n) is 3.48. The number of anilines is 2.